The number of aliphatic hydroxyl groups excluding tert-OH is 1. The number of aromatic amines is 2. The lowest BCUT2D eigenvalue weighted by molar-refractivity contribution is 0.0780. The second-order valence-corrected chi connectivity index (χ2v) is 7.31. The van der Waals surface area contributed by atoms with E-state index < -0.39 is 0 Å². The van der Waals surface area contributed by atoms with Gasteiger partial charge in [-0.15, -0.1) is 11.3 Å². The molecule has 3 N–H and O–H groups in total. The number of aliphatic hydroxyl groups is 1. The highest BCUT2D eigenvalue weighted by Crippen LogP contribution is 2.32. The Labute approximate surface area is 142 Å². The van der Waals surface area contributed by atoms with Crippen molar-refractivity contribution in [2.75, 3.05) is 13.1 Å². The fourth-order valence-electron chi connectivity index (χ4n) is 3.08. The highest BCUT2D eigenvalue weighted by molar-refractivity contribution is 7.22. The van der Waals surface area contributed by atoms with E-state index >= 15 is 0 Å². The molecule has 8 heteroatoms. The minimum Gasteiger partial charge on any atom is -0.393 e. The van der Waals surface area contributed by atoms with E-state index in [-0.39, 0.29) is 11.7 Å². The molecule has 0 saturated carbocycles. The molecule has 7 nitrogen and oxygen atoms in total. The van der Waals surface area contributed by atoms with Gasteiger partial charge in [0.05, 0.1) is 24.4 Å². The van der Waals surface area contributed by atoms with E-state index in [2.05, 4.69) is 25.1 Å². The molecule has 3 aromatic rings. The SMILES string of the molecule is Cc1[nH]ncc1-c1cc2nc(CN3CCC(O)CC3)[nH]c(=O)c2s1. The van der Waals surface area contributed by atoms with Crippen LogP contribution < -0.4 is 5.56 Å². The lowest BCUT2D eigenvalue weighted by Crippen LogP contribution is -2.36. The summed E-state index contributed by atoms with van der Waals surface area (Å²) in [6.45, 7) is 4.21. The zero-order valence-corrected chi connectivity index (χ0v) is 14.2. The predicted molar refractivity (Wildman–Crippen MR) is 93.1 cm³/mol. The summed E-state index contributed by atoms with van der Waals surface area (Å²) in [4.78, 5) is 23.1. The minimum atomic E-state index is -0.201. The molecule has 0 amide bonds. The van der Waals surface area contributed by atoms with Gasteiger partial charge in [0, 0.05) is 29.2 Å². The Kier molecular flexibility index (Phi) is 3.95. The van der Waals surface area contributed by atoms with Crippen LogP contribution in [0.15, 0.2) is 17.1 Å². The van der Waals surface area contributed by atoms with Crippen LogP contribution in [-0.2, 0) is 6.54 Å². The van der Waals surface area contributed by atoms with Crippen molar-refractivity contribution in [1.29, 1.82) is 0 Å². The predicted octanol–water partition coefficient (Wildman–Crippen LogP) is 1.64. The maximum atomic E-state index is 12.4. The second-order valence-electron chi connectivity index (χ2n) is 6.25. The van der Waals surface area contributed by atoms with Gasteiger partial charge < -0.3 is 10.1 Å². The van der Waals surface area contributed by atoms with Crippen molar-refractivity contribution >= 4 is 21.6 Å². The van der Waals surface area contributed by atoms with Crippen molar-refractivity contribution in [3.8, 4) is 10.4 Å². The maximum Gasteiger partial charge on any atom is 0.268 e. The molecule has 24 heavy (non-hydrogen) atoms. The number of thiophene rings is 1. The normalized spacial score (nSPS) is 16.9. The molecule has 3 aromatic heterocycles. The fraction of sp³-hybridized carbons (Fsp3) is 0.438. The van der Waals surface area contributed by atoms with Gasteiger partial charge in [-0.2, -0.15) is 5.10 Å². The van der Waals surface area contributed by atoms with Gasteiger partial charge in [0.15, 0.2) is 0 Å². The smallest absolute Gasteiger partial charge is 0.268 e. The number of fused-ring (bicyclic) bond motifs is 1. The van der Waals surface area contributed by atoms with E-state index in [1.807, 2.05) is 13.0 Å². The number of piperidine rings is 1. The lowest BCUT2D eigenvalue weighted by atomic mass is 10.1. The number of aryl methyl sites for hydroxylation is 1. The number of H-pyrrole nitrogens is 2. The van der Waals surface area contributed by atoms with Crippen molar-refractivity contribution in [2.45, 2.75) is 32.4 Å². The number of nitrogens with zero attached hydrogens (tertiary/aromatic N) is 3. The summed E-state index contributed by atoms with van der Waals surface area (Å²) in [6, 6.07) is 1.95. The molecule has 1 aliphatic rings. The first-order valence-corrected chi connectivity index (χ1v) is 8.85. The van der Waals surface area contributed by atoms with Gasteiger partial charge in [-0.05, 0) is 25.8 Å². The van der Waals surface area contributed by atoms with Gasteiger partial charge in [-0.1, -0.05) is 0 Å². The first kappa shape index (κ1) is 15.5. The molecule has 0 radical (unpaired) electrons. The van der Waals surface area contributed by atoms with Crippen LogP contribution in [0.2, 0.25) is 0 Å². The van der Waals surface area contributed by atoms with Crippen LogP contribution in [0.5, 0.6) is 0 Å². The molecule has 0 bridgehead atoms. The number of likely N-dealkylation sites (tertiary alicyclic amines) is 1. The first-order valence-electron chi connectivity index (χ1n) is 8.03. The maximum absolute atomic E-state index is 12.4. The van der Waals surface area contributed by atoms with Crippen molar-refractivity contribution in [3.05, 3.63) is 34.1 Å². The Morgan fingerprint density at radius 1 is 1.42 bits per heavy atom. The average Bonchev–Trinajstić information content (AvgIpc) is 3.15. The summed E-state index contributed by atoms with van der Waals surface area (Å²) >= 11 is 1.44. The molecule has 0 unspecified atom stereocenters. The number of aromatic nitrogens is 4. The van der Waals surface area contributed by atoms with Gasteiger partial charge in [0.1, 0.15) is 10.5 Å². The quantitative estimate of drug-likeness (QED) is 0.670. The van der Waals surface area contributed by atoms with Crippen LogP contribution in [0.4, 0.5) is 0 Å². The Bertz CT molecular complexity index is 920. The molecular weight excluding hydrogens is 326 g/mol. The largest absolute Gasteiger partial charge is 0.393 e. The van der Waals surface area contributed by atoms with Crippen LogP contribution in [0.25, 0.3) is 20.7 Å². The Morgan fingerprint density at radius 3 is 2.92 bits per heavy atom. The van der Waals surface area contributed by atoms with E-state index in [1.54, 1.807) is 6.20 Å². The summed E-state index contributed by atoms with van der Waals surface area (Å²) in [7, 11) is 0. The van der Waals surface area contributed by atoms with Gasteiger partial charge in [-0.3, -0.25) is 14.8 Å². The number of nitrogens with one attached hydrogen (secondary N) is 2. The van der Waals surface area contributed by atoms with Crippen LogP contribution >= 0.6 is 11.3 Å². The number of rotatable bonds is 3. The highest BCUT2D eigenvalue weighted by atomic mass is 32.1. The van der Waals surface area contributed by atoms with Gasteiger partial charge in [0.25, 0.3) is 5.56 Å². The molecule has 4 rings (SSSR count). The van der Waals surface area contributed by atoms with Crippen molar-refractivity contribution in [1.82, 2.24) is 25.1 Å². The molecule has 1 saturated heterocycles. The van der Waals surface area contributed by atoms with Crippen LogP contribution in [0.1, 0.15) is 24.4 Å². The van der Waals surface area contributed by atoms with Crippen molar-refractivity contribution < 1.29 is 5.11 Å². The summed E-state index contributed by atoms with van der Waals surface area (Å²) < 4.78 is 0.642. The summed E-state index contributed by atoms with van der Waals surface area (Å²) in [5, 5.41) is 16.5. The van der Waals surface area contributed by atoms with Crippen LogP contribution in [0, 0.1) is 6.92 Å². The van der Waals surface area contributed by atoms with Crippen molar-refractivity contribution in [2.24, 2.45) is 0 Å². The lowest BCUT2D eigenvalue weighted by Gasteiger charge is -2.28. The third-order valence-corrected chi connectivity index (χ3v) is 5.61. The molecular formula is C16H19N5O2S. The van der Waals surface area contributed by atoms with Crippen LogP contribution in [-0.4, -0.2) is 49.4 Å². The van der Waals surface area contributed by atoms with Crippen LogP contribution in [0.3, 0.4) is 0 Å². The fourth-order valence-corrected chi connectivity index (χ4v) is 4.14. The topological polar surface area (TPSA) is 97.9 Å². The van der Waals surface area contributed by atoms with E-state index in [4.69, 9.17) is 0 Å². The molecule has 4 heterocycles. The molecule has 126 valence electrons. The van der Waals surface area contributed by atoms with E-state index in [9.17, 15) is 9.90 Å². The summed E-state index contributed by atoms with van der Waals surface area (Å²) in [5.74, 6) is 0.678. The minimum absolute atomic E-state index is 0.0931. The highest BCUT2D eigenvalue weighted by Gasteiger charge is 2.19. The zero-order chi connectivity index (χ0) is 16.7. The third-order valence-electron chi connectivity index (χ3n) is 4.46. The second kappa shape index (κ2) is 6.12. The molecule has 1 fully saturated rings. The van der Waals surface area contributed by atoms with Crippen molar-refractivity contribution in [3.63, 3.8) is 0 Å². The average molecular weight is 345 g/mol. The summed E-state index contributed by atoms with van der Waals surface area (Å²) in [5.41, 5.74) is 2.62. The van der Waals surface area contributed by atoms with E-state index in [0.717, 1.165) is 47.6 Å². The number of hydrogen-bond donors (Lipinski definition) is 3. The third kappa shape index (κ3) is 2.88. The first-order chi connectivity index (χ1) is 11.6. The van der Waals surface area contributed by atoms with Gasteiger partial charge >= 0.3 is 0 Å². The molecule has 0 aliphatic carbocycles. The monoisotopic (exact) mass is 345 g/mol. The molecule has 0 spiro atoms. The van der Waals surface area contributed by atoms with Gasteiger partial charge in [-0.25, -0.2) is 4.98 Å². The molecule has 0 aromatic carbocycles. The Morgan fingerprint density at radius 2 is 2.21 bits per heavy atom. The molecule has 0 atom stereocenters. The van der Waals surface area contributed by atoms with Gasteiger partial charge in [0.2, 0.25) is 0 Å². The molecule has 1 aliphatic heterocycles. The Hall–Kier alpha value is -2.03. The Balaban J connectivity index is 1.64. The standard InChI is InChI=1S/C16H19N5O2S/c1-9-11(7-17-20-9)13-6-12-15(24-13)16(23)19-14(18-12)8-21-4-2-10(22)3-5-21/h6-7,10,22H,2-5,8H2,1H3,(H,17,20)(H,18,19,23). The zero-order valence-electron chi connectivity index (χ0n) is 13.4. The summed E-state index contributed by atoms with van der Waals surface area (Å²) in [6.07, 6.45) is 3.12. The van der Waals surface area contributed by atoms with E-state index in [1.165, 1.54) is 11.3 Å². The number of hydrogen-bond acceptors (Lipinski definition) is 6. The van der Waals surface area contributed by atoms with E-state index in [0.29, 0.717) is 17.1 Å².